The molecule has 0 saturated carbocycles. The number of methoxy groups -OCH3 is 1. The zero-order chi connectivity index (χ0) is 23.4. The quantitative estimate of drug-likeness (QED) is 0.546. The SMILES string of the molecule is CCOc1ccc(S(=O)(=O)NCc2ccc3c(c2)N(C(=O)c2ccc(OC)cc2)CC3)cc1. The summed E-state index contributed by atoms with van der Waals surface area (Å²) < 4.78 is 38.5. The summed E-state index contributed by atoms with van der Waals surface area (Å²) in [6.07, 6.45) is 0.759. The van der Waals surface area contributed by atoms with Crippen LogP contribution in [0.25, 0.3) is 0 Å². The molecule has 4 rings (SSSR count). The number of hydrogen-bond acceptors (Lipinski definition) is 5. The van der Waals surface area contributed by atoms with Gasteiger partial charge in [-0.05, 0) is 79.1 Å². The lowest BCUT2D eigenvalue weighted by Gasteiger charge is -2.18. The Morgan fingerprint density at radius 3 is 2.36 bits per heavy atom. The van der Waals surface area contributed by atoms with Crippen LogP contribution < -0.4 is 19.1 Å². The van der Waals surface area contributed by atoms with Crippen LogP contribution in [-0.4, -0.2) is 34.6 Å². The Morgan fingerprint density at radius 2 is 1.70 bits per heavy atom. The summed E-state index contributed by atoms with van der Waals surface area (Å²) in [7, 11) is -2.10. The first-order chi connectivity index (χ1) is 15.9. The fraction of sp³-hybridized carbons (Fsp3) is 0.240. The number of sulfonamides is 1. The molecule has 172 valence electrons. The summed E-state index contributed by atoms with van der Waals surface area (Å²) in [4.78, 5) is 15.0. The zero-order valence-corrected chi connectivity index (χ0v) is 19.4. The Balaban J connectivity index is 1.48. The molecule has 3 aromatic carbocycles. The van der Waals surface area contributed by atoms with E-state index in [4.69, 9.17) is 9.47 Å². The van der Waals surface area contributed by atoms with Crippen molar-refractivity contribution in [2.75, 3.05) is 25.2 Å². The van der Waals surface area contributed by atoms with Crippen LogP contribution >= 0.6 is 0 Å². The van der Waals surface area contributed by atoms with Crippen molar-refractivity contribution in [2.45, 2.75) is 24.8 Å². The Kier molecular flexibility index (Phi) is 6.67. The first-order valence-electron chi connectivity index (χ1n) is 10.7. The largest absolute Gasteiger partial charge is 0.497 e. The molecule has 0 spiro atoms. The Morgan fingerprint density at radius 1 is 1.00 bits per heavy atom. The zero-order valence-electron chi connectivity index (χ0n) is 18.6. The summed E-state index contributed by atoms with van der Waals surface area (Å²) in [5.41, 5.74) is 3.23. The summed E-state index contributed by atoms with van der Waals surface area (Å²) in [6.45, 7) is 3.09. The highest BCUT2D eigenvalue weighted by molar-refractivity contribution is 7.89. The standard InChI is InChI=1S/C25H26N2O5S/c1-3-32-22-10-12-23(13-11-22)33(29,30)26-17-18-4-5-19-14-15-27(24(19)16-18)25(28)20-6-8-21(31-2)9-7-20/h4-13,16,26H,3,14-15,17H2,1-2H3. The van der Waals surface area contributed by atoms with Crippen molar-refractivity contribution in [3.63, 3.8) is 0 Å². The molecule has 8 heteroatoms. The number of hydrogen-bond donors (Lipinski definition) is 1. The molecule has 0 saturated heterocycles. The molecule has 1 amide bonds. The van der Waals surface area contributed by atoms with E-state index in [0.29, 0.717) is 30.2 Å². The second kappa shape index (κ2) is 9.64. The van der Waals surface area contributed by atoms with Crippen LogP contribution in [0.1, 0.15) is 28.4 Å². The molecule has 7 nitrogen and oxygen atoms in total. The van der Waals surface area contributed by atoms with Crippen LogP contribution in [0.15, 0.2) is 71.6 Å². The minimum Gasteiger partial charge on any atom is -0.497 e. The van der Waals surface area contributed by atoms with Crippen molar-refractivity contribution < 1.29 is 22.7 Å². The van der Waals surface area contributed by atoms with E-state index in [-0.39, 0.29) is 17.3 Å². The molecule has 0 atom stereocenters. The number of nitrogens with zero attached hydrogens (tertiary/aromatic N) is 1. The van der Waals surface area contributed by atoms with Crippen LogP contribution in [0.2, 0.25) is 0 Å². The molecule has 1 heterocycles. The lowest BCUT2D eigenvalue weighted by atomic mass is 10.1. The molecule has 0 aliphatic carbocycles. The summed E-state index contributed by atoms with van der Waals surface area (Å²) >= 11 is 0. The van der Waals surface area contributed by atoms with Gasteiger partial charge in [-0.25, -0.2) is 13.1 Å². The van der Waals surface area contributed by atoms with Crippen LogP contribution in [0.3, 0.4) is 0 Å². The summed E-state index contributed by atoms with van der Waals surface area (Å²) in [5.74, 6) is 1.22. The number of benzene rings is 3. The van der Waals surface area contributed by atoms with Crippen molar-refractivity contribution in [1.82, 2.24) is 4.72 Å². The van der Waals surface area contributed by atoms with E-state index in [1.165, 1.54) is 12.1 Å². The van der Waals surface area contributed by atoms with Crippen LogP contribution in [0.4, 0.5) is 5.69 Å². The van der Waals surface area contributed by atoms with Gasteiger partial charge < -0.3 is 14.4 Å². The minimum atomic E-state index is -3.68. The number of nitrogens with one attached hydrogen (secondary N) is 1. The molecular formula is C25H26N2O5S. The molecule has 1 aliphatic rings. The second-order valence-electron chi connectivity index (χ2n) is 7.63. The van der Waals surface area contributed by atoms with Gasteiger partial charge in [0.15, 0.2) is 0 Å². The summed E-state index contributed by atoms with van der Waals surface area (Å²) in [5, 5.41) is 0. The lowest BCUT2D eigenvalue weighted by Crippen LogP contribution is -2.29. The van der Waals surface area contributed by atoms with Gasteiger partial charge in [0.1, 0.15) is 11.5 Å². The number of anilines is 1. The van der Waals surface area contributed by atoms with Crippen LogP contribution in [0, 0.1) is 0 Å². The van der Waals surface area contributed by atoms with Gasteiger partial charge in [-0.3, -0.25) is 4.79 Å². The Bertz CT molecular complexity index is 1240. The molecule has 1 aliphatic heterocycles. The molecule has 0 aromatic heterocycles. The molecule has 0 unspecified atom stereocenters. The topological polar surface area (TPSA) is 84.9 Å². The third-order valence-electron chi connectivity index (χ3n) is 5.54. The van der Waals surface area contributed by atoms with E-state index in [2.05, 4.69) is 4.72 Å². The third kappa shape index (κ3) is 5.02. The fourth-order valence-electron chi connectivity index (χ4n) is 3.78. The van der Waals surface area contributed by atoms with E-state index in [0.717, 1.165) is 23.2 Å². The van der Waals surface area contributed by atoms with Crippen molar-refractivity contribution in [3.05, 3.63) is 83.4 Å². The Labute approximate surface area is 194 Å². The van der Waals surface area contributed by atoms with Gasteiger partial charge in [-0.2, -0.15) is 0 Å². The van der Waals surface area contributed by atoms with Crippen molar-refractivity contribution in [1.29, 1.82) is 0 Å². The Hall–Kier alpha value is -3.36. The highest BCUT2D eigenvalue weighted by Crippen LogP contribution is 2.31. The van der Waals surface area contributed by atoms with Crippen molar-refractivity contribution in [3.8, 4) is 11.5 Å². The number of carbonyl (C=O) groups is 1. The van der Waals surface area contributed by atoms with Crippen molar-refractivity contribution >= 4 is 21.6 Å². The van der Waals surface area contributed by atoms with Gasteiger partial charge in [-0.15, -0.1) is 0 Å². The molecule has 0 bridgehead atoms. The predicted octanol–water partition coefficient (Wildman–Crippen LogP) is 3.78. The molecule has 33 heavy (non-hydrogen) atoms. The second-order valence-corrected chi connectivity index (χ2v) is 9.39. The maximum absolute atomic E-state index is 13.1. The number of fused-ring (bicyclic) bond motifs is 1. The normalized spacial score (nSPS) is 13.0. The highest BCUT2D eigenvalue weighted by atomic mass is 32.2. The number of carbonyl (C=O) groups excluding carboxylic acids is 1. The van der Waals surface area contributed by atoms with E-state index >= 15 is 0 Å². The molecule has 0 radical (unpaired) electrons. The van der Waals surface area contributed by atoms with Gasteiger partial charge in [0.05, 0.1) is 18.6 Å². The fourth-order valence-corrected chi connectivity index (χ4v) is 4.80. The van der Waals surface area contributed by atoms with Crippen molar-refractivity contribution in [2.24, 2.45) is 0 Å². The van der Waals surface area contributed by atoms with Gasteiger partial charge in [0, 0.05) is 24.3 Å². The first kappa shape index (κ1) is 22.8. The highest BCUT2D eigenvalue weighted by Gasteiger charge is 2.26. The van der Waals surface area contributed by atoms with E-state index in [1.807, 2.05) is 25.1 Å². The van der Waals surface area contributed by atoms with E-state index in [1.54, 1.807) is 48.4 Å². The van der Waals surface area contributed by atoms with Crippen LogP contribution in [-0.2, 0) is 23.0 Å². The third-order valence-corrected chi connectivity index (χ3v) is 6.96. The first-order valence-corrected chi connectivity index (χ1v) is 12.2. The molecular weight excluding hydrogens is 440 g/mol. The molecule has 0 fully saturated rings. The average Bonchev–Trinajstić information content (AvgIpc) is 3.26. The molecule has 1 N–H and O–H groups in total. The number of amides is 1. The van der Waals surface area contributed by atoms with Gasteiger partial charge in [0.2, 0.25) is 10.0 Å². The average molecular weight is 467 g/mol. The summed E-state index contributed by atoms with van der Waals surface area (Å²) in [6, 6.07) is 19.0. The smallest absolute Gasteiger partial charge is 0.258 e. The van der Waals surface area contributed by atoms with E-state index < -0.39 is 10.0 Å². The predicted molar refractivity (Wildman–Crippen MR) is 126 cm³/mol. The van der Waals surface area contributed by atoms with Gasteiger partial charge in [-0.1, -0.05) is 12.1 Å². The minimum absolute atomic E-state index is 0.0940. The monoisotopic (exact) mass is 466 g/mol. The van der Waals surface area contributed by atoms with Gasteiger partial charge in [0.25, 0.3) is 5.91 Å². The van der Waals surface area contributed by atoms with Crippen LogP contribution in [0.5, 0.6) is 11.5 Å². The number of ether oxygens (including phenoxy) is 2. The maximum atomic E-state index is 13.1. The van der Waals surface area contributed by atoms with E-state index in [9.17, 15) is 13.2 Å². The number of rotatable bonds is 8. The van der Waals surface area contributed by atoms with Gasteiger partial charge >= 0.3 is 0 Å². The lowest BCUT2D eigenvalue weighted by molar-refractivity contribution is 0.0989. The maximum Gasteiger partial charge on any atom is 0.258 e. The molecule has 3 aromatic rings.